The highest BCUT2D eigenvalue weighted by Gasteiger charge is 2.38. The summed E-state index contributed by atoms with van der Waals surface area (Å²) in [5.41, 5.74) is 1.16. The number of halogens is 3. The first-order chi connectivity index (χ1) is 20.2. The van der Waals surface area contributed by atoms with Gasteiger partial charge in [-0.2, -0.15) is 13.2 Å². The molecule has 3 aliphatic heterocycles. The van der Waals surface area contributed by atoms with E-state index in [9.17, 15) is 18.0 Å². The van der Waals surface area contributed by atoms with E-state index in [1.165, 1.54) is 0 Å². The lowest BCUT2D eigenvalue weighted by Gasteiger charge is -2.38. The van der Waals surface area contributed by atoms with E-state index in [-0.39, 0.29) is 48.5 Å². The first-order valence-electron chi connectivity index (χ1n) is 14.8. The van der Waals surface area contributed by atoms with E-state index in [1.54, 1.807) is 18.9 Å². The maximum atomic E-state index is 13.8. The Bertz CT molecular complexity index is 1190. The molecule has 0 bridgehead atoms. The molecule has 0 unspecified atom stereocenters. The summed E-state index contributed by atoms with van der Waals surface area (Å²) < 4.78 is 58.8. The van der Waals surface area contributed by atoms with Crippen LogP contribution < -0.4 is 10.6 Å². The number of hydrogen-bond donors (Lipinski definition) is 2. The fourth-order valence-electron chi connectivity index (χ4n) is 6.03. The molecule has 4 heterocycles. The van der Waals surface area contributed by atoms with Crippen molar-refractivity contribution in [2.45, 2.75) is 82.0 Å². The van der Waals surface area contributed by atoms with Gasteiger partial charge < -0.3 is 29.7 Å². The predicted molar refractivity (Wildman–Crippen MR) is 150 cm³/mol. The van der Waals surface area contributed by atoms with Gasteiger partial charge in [0.2, 0.25) is 5.82 Å². The van der Waals surface area contributed by atoms with Crippen LogP contribution in [0.2, 0.25) is 0 Å². The van der Waals surface area contributed by atoms with E-state index in [1.807, 2.05) is 30.3 Å². The number of ether oxygens (including phenoxy) is 3. The third-order valence-corrected chi connectivity index (χ3v) is 8.46. The van der Waals surface area contributed by atoms with Crippen molar-refractivity contribution in [3.05, 3.63) is 53.0 Å². The van der Waals surface area contributed by atoms with E-state index in [0.717, 1.165) is 31.2 Å². The summed E-state index contributed by atoms with van der Waals surface area (Å²) in [5, 5.41) is 6.68. The summed E-state index contributed by atoms with van der Waals surface area (Å²) >= 11 is 0. The molecule has 2 N–H and O–H groups in total. The van der Waals surface area contributed by atoms with Crippen molar-refractivity contribution >= 4 is 11.7 Å². The van der Waals surface area contributed by atoms with E-state index in [2.05, 4.69) is 20.6 Å². The van der Waals surface area contributed by atoms with Gasteiger partial charge in [-0.25, -0.2) is 9.97 Å². The lowest BCUT2D eigenvalue weighted by Crippen LogP contribution is -2.54. The number of methoxy groups -OCH3 is 1. The fraction of sp³-hybridized carbons (Fsp3) is 0.633. The predicted octanol–water partition coefficient (Wildman–Crippen LogP) is 4.52. The molecule has 4 atom stereocenters. The molecule has 1 aromatic heterocycles. The van der Waals surface area contributed by atoms with Crippen molar-refractivity contribution < 1.29 is 32.2 Å². The van der Waals surface area contributed by atoms with Crippen LogP contribution in [0.25, 0.3) is 0 Å². The molecule has 9 nitrogen and oxygen atoms in total. The van der Waals surface area contributed by atoms with Crippen LogP contribution in [0, 0.1) is 6.92 Å². The average molecular weight is 592 g/mol. The van der Waals surface area contributed by atoms with Crippen molar-refractivity contribution in [2.75, 3.05) is 45.3 Å². The zero-order chi connectivity index (χ0) is 29.7. The number of benzene rings is 1. The molecule has 230 valence electrons. The number of nitrogens with zero attached hydrogens (tertiary/aromatic N) is 3. The van der Waals surface area contributed by atoms with E-state index in [0.29, 0.717) is 44.7 Å². The van der Waals surface area contributed by atoms with Crippen LogP contribution in [0.5, 0.6) is 0 Å². The Kier molecular flexibility index (Phi) is 9.97. The van der Waals surface area contributed by atoms with Gasteiger partial charge in [0.25, 0.3) is 5.91 Å². The number of alkyl halides is 3. The molecule has 0 radical (unpaired) electrons. The molecular formula is C30H40F3N5O4. The summed E-state index contributed by atoms with van der Waals surface area (Å²) in [7, 11) is 1.67. The van der Waals surface area contributed by atoms with Gasteiger partial charge in [-0.3, -0.25) is 4.79 Å². The van der Waals surface area contributed by atoms with Crippen molar-refractivity contribution in [2.24, 2.45) is 0 Å². The van der Waals surface area contributed by atoms with Gasteiger partial charge in [-0.15, -0.1) is 0 Å². The third kappa shape index (κ3) is 7.39. The Balaban J connectivity index is 1.24. The zero-order valence-electron chi connectivity index (χ0n) is 24.2. The van der Waals surface area contributed by atoms with Crippen LogP contribution in [0.3, 0.4) is 0 Å². The highest BCUT2D eigenvalue weighted by molar-refractivity contribution is 5.94. The molecule has 42 heavy (non-hydrogen) atoms. The standard InChI is InChI=1S/C30H40F3N5O4/c1-19-26(28(39)38-14-11-21(12-15-38)35-23-13-16-41-18-25(23)40-2)36-29(30(31,32)33)37-27(19)34-17-22-9-6-10-24(42-22)20-7-4-3-5-8-20/h3-5,7-8,21-25,35H,6,9-18H2,1-2H3,(H,34,36,37)/t22-,23+,24+,25-/m1/s1. The zero-order valence-corrected chi connectivity index (χ0v) is 24.2. The maximum Gasteiger partial charge on any atom is 0.451 e. The number of piperidine rings is 1. The second-order valence-corrected chi connectivity index (χ2v) is 11.3. The summed E-state index contributed by atoms with van der Waals surface area (Å²) in [6.45, 7) is 3.91. The van der Waals surface area contributed by atoms with Crippen LogP contribution >= 0.6 is 0 Å². The molecule has 0 aliphatic carbocycles. The van der Waals surface area contributed by atoms with E-state index >= 15 is 0 Å². The number of amides is 1. The van der Waals surface area contributed by atoms with Crippen molar-refractivity contribution in [3.8, 4) is 0 Å². The summed E-state index contributed by atoms with van der Waals surface area (Å²) in [5.74, 6) is -1.83. The normalized spacial score (nSPS) is 25.8. The number of anilines is 1. The molecule has 1 aromatic carbocycles. The molecule has 3 aliphatic rings. The molecule has 1 amide bonds. The smallest absolute Gasteiger partial charge is 0.379 e. The minimum absolute atomic E-state index is 0.00721. The summed E-state index contributed by atoms with van der Waals surface area (Å²) in [6.07, 6.45) is -0.278. The Hall–Kier alpha value is -2.80. The van der Waals surface area contributed by atoms with Crippen molar-refractivity contribution in [1.29, 1.82) is 0 Å². The molecule has 3 fully saturated rings. The van der Waals surface area contributed by atoms with Gasteiger partial charge in [0.15, 0.2) is 0 Å². The number of rotatable bonds is 8. The van der Waals surface area contributed by atoms with Gasteiger partial charge in [0.1, 0.15) is 11.5 Å². The van der Waals surface area contributed by atoms with Crippen LogP contribution in [0.15, 0.2) is 30.3 Å². The Morgan fingerprint density at radius 2 is 1.86 bits per heavy atom. The number of nitrogens with one attached hydrogen (secondary N) is 2. The topological polar surface area (TPSA) is 97.8 Å². The van der Waals surface area contributed by atoms with Crippen LogP contribution in [-0.2, 0) is 20.4 Å². The molecule has 12 heteroatoms. The lowest BCUT2D eigenvalue weighted by molar-refractivity contribution is -0.144. The third-order valence-electron chi connectivity index (χ3n) is 8.46. The first-order valence-corrected chi connectivity index (χ1v) is 14.8. The van der Waals surface area contributed by atoms with Gasteiger partial charge in [-0.1, -0.05) is 30.3 Å². The van der Waals surface area contributed by atoms with Crippen LogP contribution in [0.1, 0.15) is 72.1 Å². The monoisotopic (exact) mass is 591 g/mol. The number of likely N-dealkylation sites (tertiary alicyclic amines) is 1. The molecule has 0 spiro atoms. The van der Waals surface area contributed by atoms with Gasteiger partial charge in [-0.05, 0) is 51.0 Å². The molecule has 2 aromatic rings. The van der Waals surface area contributed by atoms with Gasteiger partial charge in [0, 0.05) is 51.0 Å². The molecule has 5 rings (SSSR count). The SMILES string of the molecule is CO[C@@H]1COCC[C@@H]1NC1CCN(C(=O)c2nc(C(F)(F)F)nc(NC[C@H]3CCC[C@@H](c4ccccc4)O3)c2C)CC1. The number of hydrogen-bond acceptors (Lipinski definition) is 8. The molecule has 0 saturated carbocycles. The minimum Gasteiger partial charge on any atom is -0.379 e. The largest absolute Gasteiger partial charge is 0.451 e. The highest BCUT2D eigenvalue weighted by atomic mass is 19.4. The van der Waals surface area contributed by atoms with Crippen molar-refractivity contribution in [1.82, 2.24) is 20.2 Å². The Labute approximate surface area is 244 Å². The molecule has 3 saturated heterocycles. The summed E-state index contributed by atoms with van der Waals surface area (Å²) in [6, 6.07) is 10.3. The minimum atomic E-state index is -4.79. The Morgan fingerprint density at radius 3 is 2.57 bits per heavy atom. The van der Waals surface area contributed by atoms with E-state index < -0.39 is 17.9 Å². The number of carbonyl (C=O) groups excluding carboxylic acids is 1. The van der Waals surface area contributed by atoms with Crippen LogP contribution in [0.4, 0.5) is 19.0 Å². The first kappa shape index (κ1) is 30.7. The maximum absolute atomic E-state index is 13.8. The van der Waals surface area contributed by atoms with Crippen molar-refractivity contribution in [3.63, 3.8) is 0 Å². The second-order valence-electron chi connectivity index (χ2n) is 11.3. The Morgan fingerprint density at radius 1 is 1.10 bits per heavy atom. The number of aromatic nitrogens is 2. The average Bonchev–Trinajstić information content (AvgIpc) is 3.01. The second kappa shape index (κ2) is 13.7. The lowest BCUT2D eigenvalue weighted by atomic mass is 9.98. The van der Waals surface area contributed by atoms with Gasteiger partial charge >= 0.3 is 6.18 Å². The quantitative estimate of drug-likeness (QED) is 0.463. The van der Waals surface area contributed by atoms with Gasteiger partial charge in [0.05, 0.1) is 24.9 Å². The summed E-state index contributed by atoms with van der Waals surface area (Å²) in [4.78, 5) is 22.6. The fourth-order valence-corrected chi connectivity index (χ4v) is 6.03. The molecular weight excluding hydrogens is 551 g/mol. The van der Waals surface area contributed by atoms with Crippen LogP contribution in [-0.4, -0.2) is 85.0 Å². The van der Waals surface area contributed by atoms with E-state index in [4.69, 9.17) is 14.2 Å². The highest BCUT2D eigenvalue weighted by Crippen LogP contribution is 2.33. The number of carbonyl (C=O) groups is 1.